The number of aromatic hydroxyl groups is 5. The molecule has 7 nitrogen and oxygen atoms in total. The molecular weight excluding hydrogens is 304 g/mol. The molecule has 0 radical (unpaired) electrons. The van der Waals surface area contributed by atoms with E-state index in [9.17, 15) is 25.5 Å². The second kappa shape index (κ2) is 5.13. The molecule has 1 aromatic heterocycles. The molecule has 0 unspecified atom stereocenters. The fraction of sp³-hybridized carbons (Fsp3) is 0.0625. The first-order valence-electron chi connectivity index (χ1n) is 6.53. The van der Waals surface area contributed by atoms with Gasteiger partial charge in [0.1, 0.15) is 16.9 Å². The fourth-order valence-electron chi connectivity index (χ4n) is 2.24. The highest BCUT2D eigenvalue weighted by molar-refractivity contribution is 5.88. The third-order valence-electron chi connectivity index (χ3n) is 3.39. The summed E-state index contributed by atoms with van der Waals surface area (Å²) in [6, 6.07) is 6.41. The van der Waals surface area contributed by atoms with E-state index in [1.54, 1.807) is 0 Å². The highest BCUT2D eigenvalue weighted by Gasteiger charge is 2.26. The summed E-state index contributed by atoms with van der Waals surface area (Å²) in [7, 11) is 1.43. The lowest BCUT2D eigenvalue weighted by Gasteiger charge is -2.04. The van der Waals surface area contributed by atoms with Crippen LogP contribution in [0.2, 0.25) is 0 Å². The highest BCUT2D eigenvalue weighted by Crippen LogP contribution is 2.43. The zero-order valence-corrected chi connectivity index (χ0v) is 11.9. The van der Waals surface area contributed by atoms with E-state index in [-0.39, 0.29) is 33.8 Å². The molecule has 5 N–H and O–H groups in total. The van der Waals surface area contributed by atoms with Crippen molar-refractivity contribution in [3.05, 3.63) is 30.3 Å². The third-order valence-corrected chi connectivity index (χ3v) is 3.39. The summed E-state index contributed by atoms with van der Waals surface area (Å²) >= 11 is 0. The number of hydrogen-bond acceptors (Lipinski definition) is 6. The van der Waals surface area contributed by atoms with Crippen molar-refractivity contribution in [3.63, 3.8) is 0 Å². The summed E-state index contributed by atoms with van der Waals surface area (Å²) in [5, 5.41) is 48.8. The Hall–Kier alpha value is -3.35. The lowest BCUT2D eigenvalue weighted by Crippen LogP contribution is -1.86. The standard InChI is InChI=1S/C16H12O7/c1-22-8-4-10(17)9-6-13(20)16(23-14(9)5-8)7-2-11(18)15(21)12(19)3-7/h2-6H,1H3,(H4-,17,18,19,20,21)/p+1. The zero-order chi connectivity index (χ0) is 16.7. The maximum atomic E-state index is 10.1. The van der Waals surface area contributed by atoms with Crippen LogP contribution in [0, 0.1) is 0 Å². The molecule has 7 heteroatoms. The van der Waals surface area contributed by atoms with E-state index in [0.717, 1.165) is 12.1 Å². The van der Waals surface area contributed by atoms with E-state index < -0.39 is 17.2 Å². The number of ether oxygens (including phenoxy) is 1. The zero-order valence-electron chi connectivity index (χ0n) is 11.9. The Labute approximate surface area is 129 Å². The lowest BCUT2D eigenvalue weighted by atomic mass is 10.1. The summed E-state index contributed by atoms with van der Waals surface area (Å²) in [4.78, 5) is 0. The highest BCUT2D eigenvalue weighted by atomic mass is 16.5. The summed E-state index contributed by atoms with van der Waals surface area (Å²) in [5.74, 6) is -1.97. The fourth-order valence-corrected chi connectivity index (χ4v) is 2.24. The van der Waals surface area contributed by atoms with Crippen molar-refractivity contribution in [2.24, 2.45) is 0 Å². The van der Waals surface area contributed by atoms with Crippen LogP contribution in [0.25, 0.3) is 22.3 Å². The van der Waals surface area contributed by atoms with Gasteiger partial charge in [0.15, 0.2) is 17.2 Å². The largest absolute Gasteiger partial charge is 0.507 e. The predicted molar refractivity (Wildman–Crippen MR) is 80.9 cm³/mol. The van der Waals surface area contributed by atoms with Crippen LogP contribution in [0.1, 0.15) is 0 Å². The predicted octanol–water partition coefficient (Wildman–Crippen LogP) is 2.92. The first kappa shape index (κ1) is 14.6. The van der Waals surface area contributed by atoms with Crippen molar-refractivity contribution in [1.29, 1.82) is 0 Å². The number of hydrogen-bond donors (Lipinski definition) is 5. The molecule has 0 aliphatic heterocycles. The number of rotatable bonds is 2. The van der Waals surface area contributed by atoms with Crippen molar-refractivity contribution in [3.8, 4) is 45.8 Å². The summed E-state index contributed by atoms with van der Waals surface area (Å²) in [6.07, 6.45) is 0. The average molecular weight is 317 g/mol. The molecule has 0 fully saturated rings. The van der Waals surface area contributed by atoms with Gasteiger partial charge in [0.05, 0.1) is 18.7 Å². The average Bonchev–Trinajstić information content (AvgIpc) is 2.52. The molecule has 0 saturated carbocycles. The monoisotopic (exact) mass is 317 g/mol. The molecule has 0 spiro atoms. The molecule has 2 aromatic carbocycles. The van der Waals surface area contributed by atoms with Gasteiger partial charge in [-0.15, -0.1) is 0 Å². The molecule has 0 aliphatic rings. The smallest absolute Gasteiger partial charge is 0.402 e. The first-order chi connectivity index (χ1) is 10.9. The van der Waals surface area contributed by atoms with Crippen LogP contribution in [0.5, 0.6) is 34.5 Å². The van der Waals surface area contributed by atoms with Crippen molar-refractivity contribution in [2.75, 3.05) is 7.11 Å². The molecule has 0 atom stereocenters. The van der Waals surface area contributed by atoms with Gasteiger partial charge >= 0.3 is 11.3 Å². The molecule has 0 saturated heterocycles. The maximum absolute atomic E-state index is 10.1. The van der Waals surface area contributed by atoms with Gasteiger partial charge < -0.3 is 30.3 Å². The second-order valence-electron chi connectivity index (χ2n) is 4.88. The lowest BCUT2D eigenvalue weighted by molar-refractivity contribution is 0.368. The van der Waals surface area contributed by atoms with Gasteiger partial charge in [0.25, 0.3) is 0 Å². The minimum atomic E-state index is -0.673. The third kappa shape index (κ3) is 2.38. The van der Waals surface area contributed by atoms with Gasteiger partial charge in [-0.2, -0.15) is 0 Å². The van der Waals surface area contributed by atoms with Gasteiger partial charge in [0.2, 0.25) is 5.75 Å². The number of phenolic OH excluding ortho intramolecular Hbond substituents is 4. The maximum Gasteiger partial charge on any atom is 0.402 e. The van der Waals surface area contributed by atoms with E-state index in [1.807, 2.05) is 0 Å². The molecule has 0 amide bonds. The Kier molecular flexibility index (Phi) is 3.25. The van der Waals surface area contributed by atoms with Crippen LogP contribution in [0.4, 0.5) is 0 Å². The van der Waals surface area contributed by atoms with E-state index in [2.05, 4.69) is 0 Å². The number of phenols is 4. The number of benzene rings is 2. The van der Waals surface area contributed by atoms with E-state index in [1.165, 1.54) is 25.3 Å². The molecule has 23 heavy (non-hydrogen) atoms. The van der Waals surface area contributed by atoms with E-state index in [4.69, 9.17) is 9.15 Å². The Bertz CT molecular complexity index is 895. The Balaban J connectivity index is 2.28. The molecule has 3 aromatic rings. The Morgan fingerprint density at radius 3 is 2.04 bits per heavy atom. The minimum absolute atomic E-state index is 0.0595. The molecule has 118 valence electrons. The van der Waals surface area contributed by atoms with Gasteiger partial charge in [-0.3, -0.25) is 0 Å². The van der Waals surface area contributed by atoms with Crippen LogP contribution < -0.4 is 4.74 Å². The SMILES string of the molecule is COc1cc(O)c2cc(O)c(-c3cc(O)c(O)c(O)c3)[o+]c2c1. The van der Waals surface area contributed by atoms with Crippen LogP contribution in [-0.4, -0.2) is 32.6 Å². The summed E-state index contributed by atoms with van der Waals surface area (Å²) in [6.45, 7) is 0. The summed E-state index contributed by atoms with van der Waals surface area (Å²) in [5.41, 5.74) is 0.362. The van der Waals surface area contributed by atoms with E-state index in [0.29, 0.717) is 5.75 Å². The van der Waals surface area contributed by atoms with Crippen molar-refractivity contribution in [2.45, 2.75) is 0 Å². The molecule has 3 rings (SSSR count). The number of fused-ring (bicyclic) bond motifs is 1. The normalized spacial score (nSPS) is 10.8. The van der Waals surface area contributed by atoms with Gasteiger partial charge in [-0.25, -0.2) is 4.42 Å². The quantitative estimate of drug-likeness (QED) is 0.364. The molecule has 0 aliphatic carbocycles. The van der Waals surface area contributed by atoms with Gasteiger partial charge in [0, 0.05) is 24.3 Å². The van der Waals surface area contributed by atoms with Gasteiger partial charge in [-0.05, 0) is 0 Å². The van der Waals surface area contributed by atoms with E-state index >= 15 is 0 Å². The van der Waals surface area contributed by atoms with Crippen LogP contribution in [-0.2, 0) is 0 Å². The minimum Gasteiger partial charge on any atom is -0.507 e. The second-order valence-corrected chi connectivity index (χ2v) is 4.88. The van der Waals surface area contributed by atoms with Crippen LogP contribution in [0.15, 0.2) is 34.7 Å². The number of methoxy groups -OCH3 is 1. The Morgan fingerprint density at radius 1 is 0.783 bits per heavy atom. The van der Waals surface area contributed by atoms with Crippen LogP contribution in [0.3, 0.4) is 0 Å². The summed E-state index contributed by atoms with van der Waals surface area (Å²) < 4.78 is 10.6. The van der Waals surface area contributed by atoms with Crippen molar-refractivity contribution in [1.82, 2.24) is 0 Å². The topological polar surface area (TPSA) is 122 Å². The molecule has 1 heterocycles. The Morgan fingerprint density at radius 2 is 1.43 bits per heavy atom. The van der Waals surface area contributed by atoms with Crippen molar-refractivity contribution < 1.29 is 34.7 Å². The first-order valence-corrected chi connectivity index (χ1v) is 6.53. The molecular formula is C16H13O7+. The van der Waals surface area contributed by atoms with Crippen molar-refractivity contribution >= 4 is 11.0 Å². The van der Waals surface area contributed by atoms with Gasteiger partial charge in [-0.1, -0.05) is 0 Å². The molecule has 0 bridgehead atoms. The van der Waals surface area contributed by atoms with Crippen LogP contribution >= 0.6 is 0 Å².